The molecule has 0 spiro atoms. The van der Waals surface area contributed by atoms with Gasteiger partial charge in [-0.25, -0.2) is 4.98 Å². The van der Waals surface area contributed by atoms with Crippen LogP contribution in [0.1, 0.15) is 0 Å². The molecule has 2 aromatic carbocycles. The number of phenols is 1. The average Bonchev–Trinajstić information content (AvgIpc) is 2.63. The Hall–Kier alpha value is -2.75. The number of rotatable bonds is 2. The van der Waals surface area contributed by atoms with E-state index in [1.807, 2.05) is 30.3 Å². The number of hydrogen-bond acceptors (Lipinski definition) is 4. The number of hydrogen-bond donors (Lipinski definition) is 1. The van der Waals surface area contributed by atoms with E-state index in [2.05, 4.69) is 39.0 Å². The van der Waals surface area contributed by atoms with Crippen molar-refractivity contribution >= 4 is 22.4 Å². The highest BCUT2D eigenvalue weighted by Crippen LogP contribution is 2.26. The Kier molecular flexibility index (Phi) is 3.50. The van der Waals surface area contributed by atoms with Crippen LogP contribution in [0.2, 0.25) is 0 Å². The summed E-state index contributed by atoms with van der Waals surface area (Å²) in [6, 6.07) is 20.1. The number of pyridine rings is 1. The van der Waals surface area contributed by atoms with Gasteiger partial charge in [0.2, 0.25) is 0 Å². The quantitative estimate of drug-likeness (QED) is 0.789. The second-order valence-corrected chi connectivity index (χ2v) is 5.83. The summed E-state index contributed by atoms with van der Waals surface area (Å²) in [6.45, 7) is 3.82. The first kappa shape index (κ1) is 13.9. The molecule has 4 rings (SSSR count). The fraction of sp³-hybridized carbons (Fsp3) is 0.211. The maximum absolute atomic E-state index is 10.00. The van der Waals surface area contributed by atoms with Crippen molar-refractivity contribution in [2.45, 2.75) is 0 Å². The summed E-state index contributed by atoms with van der Waals surface area (Å²) in [7, 11) is 0. The summed E-state index contributed by atoms with van der Waals surface area (Å²) in [6.07, 6.45) is 0. The molecule has 1 saturated heterocycles. The normalized spacial score (nSPS) is 15.1. The van der Waals surface area contributed by atoms with E-state index < -0.39 is 0 Å². The Morgan fingerprint density at radius 2 is 1.48 bits per heavy atom. The molecule has 4 heteroatoms. The molecule has 3 aromatic rings. The zero-order chi connectivity index (χ0) is 15.6. The highest BCUT2D eigenvalue weighted by Gasteiger charge is 2.18. The van der Waals surface area contributed by atoms with E-state index in [-0.39, 0.29) is 5.75 Å². The minimum Gasteiger partial charge on any atom is -0.506 e. The molecule has 23 heavy (non-hydrogen) atoms. The molecule has 1 aliphatic heterocycles. The molecular formula is C19H19N3O. The molecular weight excluding hydrogens is 286 g/mol. The van der Waals surface area contributed by atoms with E-state index >= 15 is 0 Å². The molecule has 0 saturated carbocycles. The Morgan fingerprint density at radius 3 is 2.26 bits per heavy atom. The SMILES string of the molecule is Oc1cccc2ccc(N3CCN(c4ccccc4)CC3)nc12. The van der Waals surface area contributed by atoms with E-state index in [9.17, 15) is 5.11 Å². The van der Waals surface area contributed by atoms with Crippen LogP contribution in [0.15, 0.2) is 60.7 Å². The molecule has 0 amide bonds. The summed E-state index contributed by atoms with van der Waals surface area (Å²) in [5.74, 6) is 1.18. The zero-order valence-electron chi connectivity index (χ0n) is 12.9. The lowest BCUT2D eigenvalue weighted by molar-refractivity contribution is 0.480. The molecule has 0 unspecified atom stereocenters. The van der Waals surface area contributed by atoms with Crippen LogP contribution in [0.25, 0.3) is 10.9 Å². The van der Waals surface area contributed by atoms with Crippen molar-refractivity contribution in [3.05, 3.63) is 60.7 Å². The van der Waals surface area contributed by atoms with Gasteiger partial charge >= 0.3 is 0 Å². The van der Waals surface area contributed by atoms with Gasteiger partial charge in [0.15, 0.2) is 0 Å². The lowest BCUT2D eigenvalue weighted by Crippen LogP contribution is -2.46. The van der Waals surface area contributed by atoms with Gasteiger partial charge in [0.25, 0.3) is 0 Å². The molecule has 0 atom stereocenters. The largest absolute Gasteiger partial charge is 0.506 e. The topological polar surface area (TPSA) is 39.6 Å². The van der Waals surface area contributed by atoms with Gasteiger partial charge < -0.3 is 14.9 Å². The van der Waals surface area contributed by atoms with Gasteiger partial charge in [0, 0.05) is 37.3 Å². The van der Waals surface area contributed by atoms with Crippen LogP contribution in [0.5, 0.6) is 5.75 Å². The molecule has 4 nitrogen and oxygen atoms in total. The number of anilines is 2. The lowest BCUT2D eigenvalue weighted by atomic mass is 10.2. The van der Waals surface area contributed by atoms with Crippen molar-refractivity contribution < 1.29 is 5.11 Å². The maximum atomic E-state index is 10.00. The van der Waals surface area contributed by atoms with Crippen LogP contribution in [0.3, 0.4) is 0 Å². The van der Waals surface area contributed by atoms with Crippen LogP contribution in [-0.2, 0) is 0 Å². The van der Waals surface area contributed by atoms with Gasteiger partial charge in [-0.1, -0.05) is 30.3 Å². The van der Waals surface area contributed by atoms with Crippen LogP contribution >= 0.6 is 0 Å². The monoisotopic (exact) mass is 305 g/mol. The van der Waals surface area contributed by atoms with Crippen LogP contribution in [0.4, 0.5) is 11.5 Å². The summed E-state index contributed by atoms with van der Waals surface area (Å²) in [5.41, 5.74) is 1.95. The molecule has 0 bridgehead atoms. The fourth-order valence-corrected chi connectivity index (χ4v) is 3.13. The number of benzene rings is 2. The maximum Gasteiger partial charge on any atom is 0.141 e. The molecule has 1 aromatic heterocycles. The second kappa shape index (κ2) is 5.80. The molecule has 116 valence electrons. The van der Waals surface area contributed by atoms with Crippen LogP contribution < -0.4 is 9.80 Å². The Balaban J connectivity index is 1.53. The predicted molar refractivity (Wildman–Crippen MR) is 94.3 cm³/mol. The van der Waals surface area contributed by atoms with E-state index in [1.165, 1.54) is 5.69 Å². The highest BCUT2D eigenvalue weighted by molar-refractivity contribution is 5.85. The first-order chi connectivity index (χ1) is 11.3. The third-order valence-corrected chi connectivity index (χ3v) is 4.41. The molecule has 1 aliphatic rings. The van der Waals surface area contributed by atoms with Gasteiger partial charge in [-0.3, -0.25) is 0 Å². The van der Waals surface area contributed by atoms with E-state index in [0.717, 1.165) is 37.4 Å². The molecule has 0 radical (unpaired) electrons. The highest BCUT2D eigenvalue weighted by atomic mass is 16.3. The number of aromatic hydroxyl groups is 1. The Morgan fingerprint density at radius 1 is 0.739 bits per heavy atom. The Bertz CT molecular complexity index is 811. The first-order valence-electron chi connectivity index (χ1n) is 7.95. The van der Waals surface area contributed by atoms with Crippen LogP contribution in [-0.4, -0.2) is 36.3 Å². The van der Waals surface area contributed by atoms with Crippen molar-refractivity contribution in [1.29, 1.82) is 0 Å². The minimum atomic E-state index is 0.243. The van der Waals surface area contributed by atoms with Crippen molar-refractivity contribution in [2.24, 2.45) is 0 Å². The third-order valence-electron chi connectivity index (χ3n) is 4.41. The summed E-state index contributed by atoms with van der Waals surface area (Å²) in [4.78, 5) is 9.33. The van der Waals surface area contributed by atoms with Gasteiger partial charge in [-0.15, -0.1) is 0 Å². The van der Waals surface area contributed by atoms with Gasteiger partial charge in [-0.05, 0) is 30.3 Å². The van der Waals surface area contributed by atoms with Crippen molar-refractivity contribution in [3.8, 4) is 5.75 Å². The number of phenolic OH excluding ortho intramolecular Hbond substituents is 1. The van der Waals surface area contributed by atoms with Crippen molar-refractivity contribution in [2.75, 3.05) is 36.0 Å². The first-order valence-corrected chi connectivity index (χ1v) is 7.95. The lowest BCUT2D eigenvalue weighted by Gasteiger charge is -2.36. The zero-order valence-corrected chi connectivity index (χ0v) is 12.9. The number of aromatic nitrogens is 1. The third kappa shape index (κ3) is 2.68. The van der Waals surface area contributed by atoms with Gasteiger partial charge in [0.05, 0.1) is 0 Å². The summed E-state index contributed by atoms with van der Waals surface area (Å²) < 4.78 is 0. The predicted octanol–water partition coefficient (Wildman–Crippen LogP) is 3.27. The van der Waals surface area contributed by atoms with E-state index in [1.54, 1.807) is 6.07 Å². The molecule has 1 fully saturated rings. The number of para-hydroxylation sites is 2. The Labute approximate surface area is 135 Å². The molecule has 0 aliphatic carbocycles. The smallest absolute Gasteiger partial charge is 0.141 e. The van der Waals surface area contributed by atoms with E-state index in [0.29, 0.717) is 5.52 Å². The standard InChI is InChI=1S/C19H19N3O/c23-17-8-4-5-15-9-10-18(20-19(15)17)22-13-11-21(12-14-22)16-6-2-1-3-7-16/h1-10,23H,11-14H2. The number of nitrogens with zero attached hydrogens (tertiary/aromatic N) is 3. The number of fused-ring (bicyclic) bond motifs is 1. The second-order valence-electron chi connectivity index (χ2n) is 5.83. The number of piperazine rings is 1. The van der Waals surface area contributed by atoms with E-state index in [4.69, 9.17) is 0 Å². The molecule has 1 N–H and O–H groups in total. The average molecular weight is 305 g/mol. The van der Waals surface area contributed by atoms with Crippen molar-refractivity contribution in [3.63, 3.8) is 0 Å². The summed E-state index contributed by atoms with van der Waals surface area (Å²) >= 11 is 0. The van der Waals surface area contributed by atoms with Gasteiger partial charge in [0.1, 0.15) is 17.1 Å². The van der Waals surface area contributed by atoms with Gasteiger partial charge in [-0.2, -0.15) is 0 Å². The summed E-state index contributed by atoms with van der Waals surface area (Å²) in [5, 5.41) is 11.0. The van der Waals surface area contributed by atoms with Crippen molar-refractivity contribution in [1.82, 2.24) is 4.98 Å². The molecule has 2 heterocycles. The fourth-order valence-electron chi connectivity index (χ4n) is 3.13. The van der Waals surface area contributed by atoms with Crippen LogP contribution in [0, 0.1) is 0 Å². The minimum absolute atomic E-state index is 0.243.